The number of nitrogens with two attached hydrogens (primary N) is 1. The van der Waals surface area contributed by atoms with Crippen LogP contribution in [0.2, 0.25) is 0 Å². The number of aromatic nitrogens is 6. The summed E-state index contributed by atoms with van der Waals surface area (Å²) < 4.78 is 44.6. The van der Waals surface area contributed by atoms with Crippen LogP contribution in [0.25, 0.3) is 33.3 Å². The van der Waals surface area contributed by atoms with Crippen LogP contribution < -0.4 is 46.5 Å². The molecular formula is C89H108Cl2HgN12O12S. The fourth-order valence-corrected chi connectivity index (χ4v) is 13.2. The third-order valence-corrected chi connectivity index (χ3v) is 19.1. The van der Waals surface area contributed by atoms with Crippen LogP contribution in [0.15, 0.2) is 200 Å². The van der Waals surface area contributed by atoms with Gasteiger partial charge in [0.25, 0.3) is 17.3 Å². The number of carbonyl (C=O) groups is 3. The maximum atomic E-state index is 12.6. The fourth-order valence-electron chi connectivity index (χ4n) is 12.8. The Hall–Kier alpha value is -10.2. The van der Waals surface area contributed by atoms with Gasteiger partial charge in [-0.25, -0.2) is 29.5 Å². The van der Waals surface area contributed by atoms with Crippen molar-refractivity contribution in [3.8, 4) is 17.2 Å². The first-order chi connectivity index (χ1) is 55.8. The topological polar surface area (TPSA) is 321 Å². The van der Waals surface area contributed by atoms with Crippen LogP contribution in [0, 0.1) is 0 Å². The van der Waals surface area contributed by atoms with Crippen molar-refractivity contribution in [3.63, 3.8) is 0 Å². The summed E-state index contributed by atoms with van der Waals surface area (Å²) in [6.45, 7) is 9.03. The number of ether oxygens (including phenoxy) is 5. The van der Waals surface area contributed by atoms with E-state index >= 15 is 0 Å². The SMILES string of the molecule is C.C.C.CCOC(=O)C(Cc1ccc(OCCCc2ccc3c(n2)NCCC3)cc1)Nc1nc2ccccc2o1.CCOC(=O)C(N)Cc1ccc(OCCCc2ccc3c(n2)NCCC3)cc1.CSc1nc2ccccc2o1.O=C(O)C(Cc1ccc(OCCCc2ccc3c(n2)NCCC3)cc1)Nc1nc2ccccc2o1.[Cl][Hg][Cl]. The third kappa shape index (κ3) is 29.1. The van der Waals surface area contributed by atoms with E-state index in [1.54, 1.807) is 19.9 Å². The van der Waals surface area contributed by atoms with Gasteiger partial charge in [-0.15, -0.1) is 0 Å². The summed E-state index contributed by atoms with van der Waals surface area (Å²) >= 11 is 0.378. The summed E-state index contributed by atoms with van der Waals surface area (Å²) in [6, 6.07) is 56.8. The number of pyridine rings is 3. The molecule has 0 saturated carbocycles. The van der Waals surface area contributed by atoms with Crippen molar-refractivity contribution in [3.05, 3.63) is 232 Å². The molecule has 24 nitrogen and oxygen atoms in total. The van der Waals surface area contributed by atoms with Gasteiger partial charge in [0.1, 0.15) is 69.4 Å². The molecule has 8 N–H and O–H groups in total. The Morgan fingerprint density at radius 2 is 0.829 bits per heavy atom. The number of fused-ring (bicyclic) bond motifs is 6. The van der Waals surface area contributed by atoms with Crippen LogP contribution in [0.5, 0.6) is 17.2 Å². The molecule has 12 aromatic rings. The molecule has 0 radical (unpaired) electrons. The summed E-state index contributed by atoms with van der Waals surface area (Å²) in [5.41, 5.74) is 20.3. The number of benzene rings is 6. The van der Waals surface area contributed by atoms with Crippen LogP contribution in [0.4, 0.5) is 29.5 Å². The van der Waals surface area contributed by atoms with Gasteiger partial charge in [-0.3, -0.25) is 4.79 Å². The van der Waals surface area contributed by atoms with Gasteiger partial charge in [-0.2, -0.15) is 9.97 Å². The Kier molecular flexibility index (Phi) is 38.8. The number of carboxylic acid groups (broad SMARTS) is 1. The van der Waals surface area contributed by atoms with Gasteiger partial charge < -0.3 is 74.4 Å². The fraction of sp³-hybridized carbons (Fsp3) is 0.360. The predicted molar refractivity (Wildman–Crippen MR) is 464 cm³/mol. The number of para-hydroxylation sites is 6. The molecule has 0 fully saturated rings. The standard InChI is InChI=1S/C29H32N4O4.C27H28N4O4.C22H29N3O3.C8H7NOS.3CH4.2ClH.Hg/c1-2-35-28(34)25(33-29-32-24-9-3-4-10-26(24)37-29)19-20-11-15-23(16-12-20)36-18-6-8-22-14-13-21-7-5-17-30-27(21)31-22;32-26(33)23(31-27-30-22-7-1-2-8-24(22)35-27)17-18-9-13-21(14-10-18)34-16-4-6-20-12-11-19-5-3-15-28-25(19)29-20;1-2-27-22(26)20(23)15-16-7-11-19(12-8-16)28-14-4-6-18-10-9-17-5-3-13-24-21(17)25-18;1-11-8-9-6-4-2-3-5-7(6)10-8;;;;;;/h3-4,9-16,25H,2,5-8,17-19H2,1H3,(H,30,31)(H,32,33);1-2,7-14,23H,3-6,15-17H2,(H,28,29)(H,30,31)(H,32,33);7-12,20H,2-6,13-15,23H2,1H3,(H,24,25);2-5H,1H3;3*1H4;2*1H;/q;;;;;;;;;+2/p-2. The van der Waals surface area contributed by atoms with E-state index in [0.717, 1.165) is 174 Å². The molecule has 0 amide bonds. The molecule has 618 valence electrons. The molecule has 0 aliphatic carbocycles. The van der Waals surface area contributed by atoms with Crippen molar-refractivity contribution >= 4 is 109 Å². The van der Waals surface area contributed by atoms with Crippen molar-refractivity contribution in [2.75, 3.05) is 85.5 Å². The van der Waals surface area contributed by atoms with Crippen LogP contribution in [-0.2, 0) is 104 Å². The number of aliphatic carboxylic acids is 1. The molecule has 0 saturated heterocycles. The Morgan fingerprint density at radius 1 is 0.479 bits per heavy atom. The average molecular weight is 1840 g/mol. The number of oxazole rings is 3. The quantitative estimate of drug-likeness (QED) is 0.00918. The number of anilines is 5. The number of thioether (sulfide) groups is 1. The van der Waals surface area contributed by atoms with Gasteiger partial charge in [0, 0.05) is 49.6 Å². The molecular weight excluding hydrogens is 1730 g/mol. The van der Waals surface area contributed by atoms with E-state index < -0.39 is 46.2 Å². The Bertz CT molecular complexity index is 4900. The minimum absolute atomic E-state index is 0. The first-order valence-electron chi connectivity index (χ1n) is 38.7. The van der Waals surface area contributed by atoms with Gasteiger partial charge in [-0.1, -0.05) is 125 Å². The molecule has 3 unspecified atom stereocenters. The molecule has 0 bridgehead atoms. The molecule has 117 heavy (non-hydrogen) atoms. The molecule has 15 rings (SSSR count). The van der Waals surface area contributed by atoms with E-state index in [4.69, 9.17) is 74.1 Å². The number of hydrogen-bond donors (Lipinski definition) is 7. The minimum atomic E-state index is -1.14. The number of carbonyl (C=O) groups excluding carboxylic acids is 2. The van der Waals surface area contributed by atoms with Gasteiger partial charge in [-0.05, 0) is 228 Å². The number of nitrogens with zero attached hydrogens (tertiary/aromatic N) is 6. The van der Waals surface area contributed by atoms with Crippen LogP contribution in [0.1, 0.15) is 125 Å². The second kappa shape index (κ2) is 49.1. The van der Waals surface area contributed by atoms with E-state index in [0.29, 0.717) is 68.6 Å². The van der Waals surface area contributed by atoms with E-state index in [9.17, 15) is 19.5 Å². The van der Waals surface area contributed by atoms with Crippen molar-refractivity contribution < 1.29 is 78.5 Å². The normalized spacial score (nSPS) is 12.7. The zero-order valence-corrected chi connectivity index (χ0v) is 72.2. The van der Waals surface area contributed by atoms with E-state index in [-0.39, 0.29) is 46.7 Å². The third-order valence-electron chi connectivity index (χ3n) is 18.6. The summed E-state index contributed by atoms with van der Waals surface area (Å²) in [6.07, 6.45) is 15.2. The first-order valence-corrected chi connectivity index (χ1v) is 53.5. The Labute approximate surface area is 709 Å². The van der Waals surface area contributed by atoms with Crippen LogP contribution in [-0.4, -0.2) is 130 Å². The summed E-state index contributed by atoms with van der Waals surface area (Å²) in [7, 11) is 9.97. The molecule has 3 aliphatic heterocycles. The first kappa shape index (κ1) is 92.3. The summed E-state index contributed by atoms with van der Waals surface area (Å²) in [5, 5.41) is 26.5. The molecule has 3 atom stereocenters. The predicted octanol–water partition coefficient (Wildman–Crippen LogP) is 18.6. The summed E-state index contributed by atoms with van der Waals surface area (Å²) in [4.78, 5) is 63.1. The number of esters is 2. The Morgan fingerprint density at radius 3 is 1.20 bits per heavy atom. The van der Waals surface area contributed by atoms with Gasteiger partial charge in [0.05, 0.1) is 33.0 Å². The number of rotatable bonds is 31. The van der Waals surface area contributed by atoms with Crippen molar-refractivity contribution in [2.24, 2.45) is 5.73 Å². The molecule has 0 spiro atoms. The molecule has 6 aromatic carbocycles. The molecule has 6 aromatic heterocycles. The monoisotopic (exact) mass is 1840 g/mol. The Balaban J connectivity index is 0.000000201. The zero-order chi connectivity index (χ0) is 79.6. The number of nitrogens with one attached hydrogen (secondary N) is 5. The summed E-state index contributed by atoms with van der Waals surface area (Å²) in [5.74, 6) is 3.77. The second-order valence-corrected chi connectivity index (χ2v) is 35.6. The molecule has 3 aliphatic rings. The molecule has 9 heterocycles. The van der Waals surface area contributed by atoms with Crippen LogP contribution in [0.3, 0.4) is 0 Å². The number of halogens is 2. The zero-order valence-electron chi connectivity index (χ0n) is 64.4. The van der Waals surface area contributed by atoms with Crippen LogP contribution >= 0.6 is 28.3 Å². The van der Waals surface area contributed by atoms with Crippen molar-refractivity contribution in [1.82, 2.24) is 29.9 Å². The van der Waals surface area contributed by atoms with Crippen molar-refractivity contribution in [2.45, 2.75) is 156 Å². The number of carboxylic acids is 1. The van der Waals surface area contributed by atoms with E-state index in [2.05, 4.69) is 77.9 Å². The average Bonchev–Trinajstić information content (AvgIpc) is 1.57. The number of aryl methyl sites for hydroxylation is 6. The molecule has 28 heteroatoms. The van der Waals surface area contributed by atoms with Gasteiger partial charge in [0.2, 0.25) is 0 Å². The van der Waals surface area contributed by atoms with Crippen molar-refractivity contribution in [1.29, 1.82) is 0 Å². The van der Waals surface area contributed by atoms with E-state index in [1.807, 2.05) is 146 Å². The van der Waals surface area contributed by atoms with E-state index in [1.165, 1.54) is 41.3 Å². The second-order valence-electron chi connectivity index (χ2n) is 27.0. The number of hydrogen-bond acceptors (Lipinski definition) is 24. The van der Waals surface area contributed by atoms with Gasteiger partial charge in [0.15, 0.2) is 16.7 Å². The van der Waals surface area contributed by atoms with Gasteiger partial charge >= 0.3 is 56.5 Å². The maximum absolute atomic E-state index is 12.6.